The molecule has 2 aromatic heterocycles. The Morgan fingerprint density at radius 1 is 1.11 bits per heavy atom. The minimum Gasteiger partial charge on any atom is -0.237 e. The first-order chi connectivity index (χ1) is 13.2. The van der Waals surface area contributed by atoms with Crippen LogP contribution in [0.25, 0.3) is 5.82 Å². The number of halogens is 2. The SMILES string of the molecule is Cc1nn(-c2ccccn2)c(C)c1CCNS(=O)(=O)Cc1cc(F)cc(F)c1. The molecule has 0 radical (unpaired) electrons. The first kappa shape index (κ1) is 20.1. The van der Waals surface area contributed by atoms with E-state index in [1.807, 2.05) is 32.0 Å². The van der Waals surface area contributed by atoms with Gasteiger partial charge >= 0.3 is 0 Å². The monoisotopic (exact) mass is 406 g/mol. The molecule has 1 N–H and O–H groups in total. The number of aromatic nitrogens is 3. The van der Waals surface area contributed by atoms with Crippen molar-refractivity contribution in [2.24, 2.45) is 0 Å². The predicted molar refractivity (Wildman–Crippen MR) is 102 cm³/mol. The van der Waals surface area contributed by atoms with Crippen LogP contribution in [0.1, 0.15) is 22.5 Å². The lowest BCUT2D eigenvalue weighted by molar-refractivity contribution is 0.574. The van der Waals surface area contributed by atoms with Crippen LogP contribution in [0.15, 0.2) is 42.6 Å². The summed E-state index contributed by atoms with van der Waals surface area (Å²) in [6.07, 6.45) is 2.11. The van der Waals surface area contributed by atoms with E-state index >= 15 is 0 Å². The zero-order valence-electron chi connectivity index (χ0n) is 15.5. The molecule has 28 heavy (non-hydrogen) atoms. The summed E-state index contributed by atoms with van der Waals surface area (Å²) in [4.78, 5) is 4.27. The molecule has 3 aromatic rings. The van der Waals surface area contributed by atoms with Gasteiger partial charge in [0, 0.05) is 24.5 Å². The third kappa shape index (κ3) is 4.79. The minimum atomic E-state index is -3.73. The number of nitrogens with one attached hydrogen (secondary N) is 1. The van der Waals surface area contributed by atoms with Gasteiger partial charge in [0.2, 0.25) is 10.0 Å². The van der Waals surface area contributed by atoms with Crippen LogP contribution in [0, 0.1) is 25.5 Å². The van der Waals surface area contributed by atoms with Crippen LogP contribution in [0.4, 0.5) is 8.78 Å². The van der Waals surface area contributed by atoms with Crippen LogP contribution in [0.5, 0.6) is 0 Å². The summed E-state index contributed by atoms with van der Waals surface area (Å²) in [6.45, 7) is 3.90. The maximum Gasteiger partial charge on any atom is 0.215 e. The molecule has 0 fully saturated rings. The Bertz CT molecular complexity index is 1060. The Balaban J connectivity index is 1.67. The zero-order chi connectivity index (χ0) is 20.3. The molecule has 0 aliphatic heterocycles. The molecular weight excluding hydrogens is 386 g/mol. The normalized spacial score (nSPS) is 11.7. The Labute approximate surface area is 162 Å². The number of hydrogen-bond donors (Lipinski definition) is 1. The van der Waals surface area contributed by atoms with Crippen molar-refractivity contribution in [3.8, 4) is 5.82 Å². The number of aryl methyl sites for hydroxylation is 1. The van der Waals surface area contributed by atoms with Crippen LogP contribution in [-0.4, -0.2) is 29.7 Å². The highest BCUT2D eigenvalue weighted by atomic mass is 32.2. The number of pyridine rings is 1. The van der Waals surface area contributed by atoms with Crippen molar-refractivity contribution in [3.05, 3.63) is 76.7 Å². The van der Waals surface area contributed by atoms with Gasteiger partial charge in [-0.15, -0.1) is 0 Å². The predicted octanol–water partition coefficient (Wildman–Crippen LogP) is 2.82. The van der Waals surface area contributed by atoms with Gasteiger partial charge in [0.15, 0.2) is 5.82 Å². The topological polar surface area (TPSA) is 76.9 Å². The molecule has 148 valence electrons. The molecule has 0 amide bonds. The minimum absolute atomic E-state index is 0.0559. The smallest absolute Gasteiger partial charge is 0.215 e. The van der Waals surface area contributed by atoms with Gasteiger partial charge in [0.1, 0.15) is 11.6 Å². The van der Waals surface area contributed by atoms with Gasteiger partial charge < -0.3 is 0 Å². The molecule has 9 heteroatoms. The van der Waals surface area contributed by atoms with Crippen molar-refractivity contribution < 1.29 is 17.2 Å². The quantitative estimate of drug-likeness (QED) is 0.655. The average Bonchev–Trinajstić information content (AvgIpc) is 2.89. The molecule has 0 unspecified atom stereocenters. The fourth-order valence-electron chi connectivity index (χ4n) is 3.04. The highest BCUT2D eigenvalue weighted by Gasteiger charge is 2.16. The molecule has 0 saturated heterocycles. The molecule has 0 aliphatic rings. The average molecular weight is 406 g/mol. The second-order valence-electron chi connectivity index (χ2n) is 6.43. The molecule has 3 rings (SSSR count). The van der Waals surface area contributed by atoms with Crippen LogP contribution < -0.4 is 4.72 Å². The first-order valence-corrected chi connectivity index (χ1v) is 10.3. The summed E-state index contributed by atoms with van der Waals surface area (Å²) >= 11 is 0. The second kappa shape index (κ2) is 8.15. The Kier molecular flexibility index (Phi) is 5.85. The van der Waals surface area contributed by atoms with Gasteiger partial charge in [-0.25, -0.2) is 31.6 Å². The van der Waals surface area contributed by atoms with E-state index < -0.39 is 27.4 Å². The van der Waals surface area contributed by atoms with Gasteiger partial charge in [-0.05, 0) is 55.7 Å². The number of nitrogens with zero attached hydrogens (tertiary/aromatic N) is 3. The summed E-state index contributed by atoms with van der Waals surface area (Å²) in [7, 11) is -3.73. The van der Waals surface area contributed by atoms with Crippen LogP contribution >= 0.6 is 0 Å². The third-order valence-electron chi connectivity index (χ3n) is 4.28. The first-order valence-electron chi connectivity index (χ1n) is 8.64. The summed E-state index contributed by atoms with van der Waals surface area (Å²) in [5, 5.41) is 4.48. The molecular formula is C19H20F2N4O2S. The van der Waals surface area contributed by atoms with Crippen LogP contribution in [-0.2, 0) is 22.2 Å². The number of hydrogen-bond acceptors (Lipinski definition) is 4. The lowest BCUT2D eigenvalue weighted by Crippen LogP contribution is -2.27. The molecule has 0 saturated carbocycles. The summed E-state index contributed by atoms with van der Waals surface area (Å²) in [6, 6.07) is 8.23. The van der Waals surface area contributed by atoms with Crippen LogP contribution in [0.2, 0.25) is 0 Å². The van der Waals surface area contributed by atoms with E-state index in [0.29, 0.717) is 18.3 Å². The Hall–Kier alpha value is -2.65. The number of sulfonamides is 1. The Morgan fingerprint density at radius 2 is 1.82 bits per heavy atom. The highest BCUT2D eigenvalue weighted by Crippen LogP contribution is 2.17. The summed E-state index contributed by atoms with van der Waals surface area (Å²) in [5.74, 6) is -1.42. The van der Waals surface area contributed by atoms with Crippen molar-refractivity contribution in [2.75, 3.05) is 6.54 Å². The van der Waals surface area contributed by atoms with E-state index in [1.165, 1.54) is 0 Å². The fraction of sp³-hybridized carbons (Fsp3) is 0.263. The van der Waals surface area contributed by atoms with Crippen molar-refractivity contribution in [1.29, 1.82) is 0 Å². The van der Waals surface area contributed by atoms with Gasteiger partial charge in [-0.1, -0.05) is 6.07 Å². The molecule has 0 bridgehead atoms. The van der Waals surface area contributed by atoms with Gasteiger partial charge in [-0.2, -0.15) is 5.10 Å². The molecule has 0 atom stereocenters. The van der Waals surface area contributed by atoms with Gasteiger partial charge in [0.05, 0.1) is 11.4 Å². The second-order valence-corrected chi connectivity index (χ2v) is 8.24. The van der Waals surface area contributed by atoms with Gasteiger partial charge in [0.25, 0.3) is 0 Å². The molecule has 6 nitrogen and oxygen atoms in total. The van der Waals surface area contributed by atoms with Crippen molar-refractivity contribution >= 4 is 10.0 Å². The summed E-state index contributed by atoms with van der Waals surface area (Å²) in [5.41, 5.74) is 2.64. The van der Waals surface area contributed by atoms with Crippen molar-refractivity contribution in [3.63, 3.8) is 0 Å². The summed E-state index contributed by atoms with van der Waals surface area (Å²) < 4.78 is 55.1. The molecule has 2 heterocycles. The van der Waals surface area contributed by atoms with E-state index in [0.717, 1.165) is 29.1 Å². The zero-order valence-corrected chi connectivity index (χ0v) is 16.3. The van der Waals surface area contributed by atoms with E-state index in [4.69, 9.17) is 0 Å². The largest absolute Gasteiger partial charge is 0.237 e. The van der Waals surface area contributed by atoms with Crippen LogP contribution in [0.3, 0.4) is 0 Å². The standard InChI is InChI=1S/C19H20F2N4O2S/c1-13-18(14(2)25(24-13)19-5-3-4-7-22-19)6-8-23-28(26,27)12-15-9-16(20)11-17(21)10-15/h3-5,7,9-11,23H,6,8,12H2,1-2H3. The Morgan fingerprint density at radius 3 is 2.46 bits per heavy atom. The fourth-order valence-corrected chi connectivity index (χ4v) is 4.16. The van der Waals surface area contributed by atoms with E-state index in [9.17, 15) is 17.2 Å². The maximum atomic E-state index is 13.2. The number of rotatable bonds is 7. The van der Waals surface area contributed by atoms with Gasteiger partial charge in [-0.3, -0.25) is 0 Å². The lowest BCUT2D eigenvalue weighted by atomic mass is 10.1. The van der Waals surface area contributed by atoms with E-state index in [-0.39, 0.29) is 12.1 Å². The highest BCUT2D eigenvalue weighted by molar-refractivity contribution is 7.88. The van der Waals surface area contributed by atoms with Crippen molar-refractivity contribution in [1.82, 2.24) is 19.5 Å². The molecule has 0 aliphatic carbocycles. The van der Waals surface area contributed by atoms with E-state index in [2.05, 4.69) is 14.8 Å². The maximum absolute atomic E-state index is 13.2. The number of benzene rings is 1. The lowest BCUT2D eigenvalue weighted by Gasteiger charge is -2.08. The molecule has 0 spiro atoms. The van der Waals surface area contributed by atoms with Crippen molar-refractivity contribution in [2.45, 2.75) is 26.0 Å². The molecule has 1 aromatic carbocycles. The third-order valence-corrected chi connectivity index (χ3v) is 5.64. The van der Waals surface area contributed by atoms with E-state index in [1.54, 1.807) is 10.9 Å².